The number of thiophene rings is 1. The monoisotopic (exact) mass is 297 g/mol. The van der Waals surface area contributed by atoms with Crippen molar-refractivity contribution in [2.75, 3.05) is 46.9 Å². The molecule has 2 heterocycles. The van der Waals surface area contributed by atoms with Crippen LogP contribution in [-0.2, 0) is 16.1 Å². The number of carbonyl (C=O) groups is 1. The number of ether oxygens (including phenoxy) is 1. The van der Waals surface area contributed by atoms with Crippen LogP contribution in [0, 0.1) is 0 Å². The third-order valence-electron chi connectivity index (χ3n) is 3.41. The van der Waals surface area contributed by atoms with E-state index in [0.29, 0.717) is 19.7 Å². The highest BCUT2D eigenvalue weighted by Gasteiger charge is 2.22. The Balaban J connectivity index is 1.78. The largest absolute Gasteiger partial charge is 0.374 e. The predicted molar refractivity (Wildman–Crippen MR) is 80.9 cm³/mol. The Morgan fingerprint density at radius 3 is 3.20 bits per heavy atom. The Morgan fingerprint density at radius 1 is 1.65 bits per heavy atom. The average Bonchev–Trinajstić information content (AvgIpc) is 2.92. The summed E-state index contributed by atoms with van der Waals surface area (Å²) < 4.78 is 5.65. The summed E-state index contributed by atoms with van der Waals surface area (Å²) in [6.45, 7) is 4.36. The van der Waals surface area contributed by atoms with Crippen LogP contribution in [0.5, 0.6) is 0 Å². The molecule has 20 heavy (non-hydrogen) atoms. The van der Waals surface area contributed by atoms with Gasteiger partial charge in [0.2, 0.25) is 5.91 Å². The number of likely N-dealkylation sites (N-methyl/N-ethyl adjacent to an activating group) is 2. The quantitative estimate of drug-likeness (QED) is 0.836. The third-order valence-corrected chi connectivity index (χ3v) is 4.27. The maximum absolute atomic E-state index is 12.2. The average molecular weight is 297 g/mol. The first-order valence-electron chi connectivity index (χ1n) is 6.94. The third kappa shape index (κ3) is 4.56. The van der Waals surface area contributed by atoms with Crippen LogP contribution < -0.4 is 5.32 Å². The van der Waals surface area contributed by atoms with Gasteiger partial charge in [-0.2, -0.15) is 0 Å². The molecule has 0 bridgehead atoms. The summed E-state index contributed by atoms with van der Waals surface area (Å²) in [6, 6.07) is 4.08. The molecule has 6 heteroatoms. The molecule has 1 fully saturated rings. The van der Waals surface area contributed by atoms with Gasteiger partial charge >= 0.3 is 0 Å². The normalized spacial score (nSPS) is 20.0. The van der Waals surface area contributed by atoms with Crippen molar-refractivity contribution in [1.82, 2.24) is 15.1 Å². The van der Waals surface area contributed by atoms with Gasteiger partial charge in [0.1, 0.15) is 0 Å². The maximum Gasteiger partial charge on any atom is 0.236 e. The zero-order valence-corrected chi connectivity index (χ0v) is 13.0. The summed E-state index contributed by atoms with van der Waals surface area (Å²) in [5.74, 6) is 0.170. The van der Waals surface area contributed by atoms with E-state index in [1.54, 1.807) is 16.2 Å². The number of hydrogen-bond donors (Lipinski definition) is 1. The smallest absolute Gasteiger partial charge is 0.236 e. The lowest BCUT2D eigenvalue weighted by Crippen LogP contribution is -2.49. The molecule has 2 rings (SSSR count). The van der Waals surface area contributed by atoms with Crippen molar-refractivity contribution in [2.45, 2.75) is 12.6 Å². The number of hydrogen-bond acceptors (Lipinski definition) is 5. The van der Waals surface area contributed by atoms with E-state index in [4.69, 9.17) is 4.74 Å². The molecule has 1 aliphatic rings. The molecule has 112 valence electrons. The molecule has 1 N–H and O–H groups in total. The summed E-state index contributed by atoms with van der Waals surface area (Å²) >= 11 is 1.69. The van der Waals surface area contributed by atoms with E-state index in [1.165, 1.54) is 4.88 Å². The van der Waals surface area contributed by atoms with Crippen LogP contribution in [0.1, 0.15) is 4.88 Å². The Kier molecular flexibility index (Phi) is 5.97. The fourth-order valence-corrected chi connectivity index (χ4v) is 3.07. The van der Waals surface area contributed by atoms with Crippen LogP contribution in [0.4, 0.5) is 0 Å². The summed E-state index contributed by atoms with van der Waals surface area (Å²) in [5, 5.41) is 5.16. The van der Waals surface area contributed by atoms with Crippen LogP contribution in [0.3, 0.4) is 0 Å². The Bertz CT molecular complexity index is 409. The molecule has 1 atom stereocenters. The van der Waals surface area contributed by atoms with Gasteiger partial charge in [-0.05, 0) is 18.5 Å². The first-order valence-corrected chi connectivity index (χ1v) is 7.82. The molecule has 0 aromatic carbocycles. The zero-order valence-electron chi connectivity index (χ0n) is 12.2. The van der Waals surface area contributed by atoms with Crippen LogP contribution in [0.2, 0.25) is 0 Å². The molecular weight excluding hydrogens is 274 g/mol. The van der Waals surface area contributed by atoms with Gasteiger partial charge in [-0.25, -0.2) is 0 Å². The molecule has 0 spiro atoms. The van der Waals surface area contributed by atoms with Crippen molar-refractivity contribution in [3.63, 3.8) is 0 Å². The van der Waals surface area contributed by atoms with Crippen LogP contribution in [0.25, 0.3) is 0 Å². The van der Waals surface area contributed by atoms with Crippen molar-refractivity contribution in [3.8, 4) is 0 Å². The van der Waals surface area contributed by atoms with Crippen molar-refractivity contribution in [1.29, 1.82) is 0 Å². The van der Waals surface area contributed by atoms with E-state index in [2.05, 4.69) is 16.3 Å². The molecule has 1 aliphatic heterocycles. The lowest BCUT2D eigenvalue weighted by Gasteiger charge is -2.33. The maximum atomic E-state index is 12.2. The molecule has 0 radical (unpaired) electrons. The van der Waals surface area contributed by atoms with E-state index in [0.717, 1.165) is 19.6 Å². The van der Waals surface area contributed by atoms with Crippen LogP contribution >= 0.6 is 11.3 Å². The van der Waals surface area contributed by atoms with Gasteiger partial charge in [0.05, 0.1) is 25.8 Å². The minimum absolute atomic E-state index is 0.170. The molecule has 1 aromatic heterocycles. The topological polar surface area (TPSA) is 44.8 Å². The molecule has 0 aliphatic carbocycles. The van der Waals surface area contributed by atoms with Crippen molar-refractivity contribution in [2.24, 2.45) is 0 Å². The highest BCUT2D eigenvalue weighted by atomic mass is 32.1. The summed E-state index contributed by atoms with van der Waals surface area (Å²) in [7, 11) is 3.79. The number of morpholine rings is 1. The molecule has 5 nitrogen and oxygen atoms in total. The zero-order chi connectivity index (χ0) is 14.4. The predicted octanol–water partition coefficient (Wildman–Crippen LogP) is 0.627. The molecule has 1 unspecified atom stereocenters. The Hall–Kier alpha value is -0.950. The molecular formula is C14H23N3O2S. The van der Waals surface area contributed by atoms with Crippen LogP contribution in [-0.4, -0.2) is 68.7 Å². The summed E-state index contributed by atoms with van der Waals surface area (Å²) in [5.41, 5.74) is 0. The fourth-order valence-electron chi connectivity index (χ4n) is 2.31. The Labute approximate surface area is 124 Å². The number of rotatable bonds is 6. The standard InChI is InChI=1S/C14H23N3O2S/c1-15-8-12-9-17(5-6-19-12)11-14(18)16(2)10-13-4-3-7-20-13/h3-4,7,12,15H,5-6,8-11H2,1-2H3. The van der Waals surface area contributed by atoms with Crippen molar-refractivity contribution >= 4 is 17.2 Å². The summed E-state index contributed by atoms with van der Waals surface area (Å²) in [6.07, 6.45) is 0.184. The van der Waals surface area contributed by atoms with Gasteiger partial charge in [0.15, 0.2) is 0 Å². The highest BCUT2D eigenvalue weighted by molar-refractivity contribution is 7.09. The van der Waals surface area contributed by atoms with Crippen molar-refractivity contribution in [3.05, 3.63) is 22.4 Å². The van der Waals surface area contributed by atoms with E-state index in [1.807, 2.05) is 25.5 Å². The first-order chi connectivity index (χ1) is 9.69. The van der Waals surface area contributed by atoms with E-state index < -0.39 is 0 Å². The number of carbonyl (C=O) groups excluding carboxylic acids is 1. The van der Waals surface area contributed by atoms with Gasteiger partial charge in [0, 0.05) is 31.6 Å². The number of amides is 1. The second-order valence-electron chi connectivity index (χ2n) is 5.11. The highest BCUT2D eigenvalue weighted by Crippen LogP contribution is 2.11. The number of nitrogens with one attached hydrogen (secondary N) is 1. The van der Waals surface area contributed by atoms with E-state index in [9.17, 15) is 4.79 Å². The van der Waals surface area contributed by atoms with E-state index >= 15 is 0 Å². The van der Waals surface area contributed by atoms with Gasteiger partial charge in [-0.15, -0.1) is 11.3 Å². The molecule has 0 saturated carbocycles. The SMILES string of the molecule is CNCC1CN(CC(=O)N(C)Cc2cccs2)CCO1. The lowest BCUT2D eigenvalue weighted by atomic mass is 10.2. The van der Waals surface area contributed by atoms with Gasteiger partial charge in [0.25, 0.3) is 0 Å². The Morgan fingerprint density at radius 2 is 2.50 bits per heavy atom. The fraction of sp³-hybridized carbons (Fsp3) is 0.643. The second-order valence-corrected chi connectivity index (χ2v) is 6.15. The first kappa shape index (κ1) is 15.4. The molecule has 1 amide bonds. The second kappa shape index (κ2) is 7.73. The molecule has 1 saturated heterocycles. The lowest BCUT2D eigenvalue weighted by molar-refractivity contribution is -0.133. The van der Waals surface area contributed by atoms with Gasteiger partial charge in [-0.1, -0.05) is 6.07 Å². The summed E-state index contributed by atoms with van der Waals surface area (Å²) in [4.78, 5) is 17.4. The minimum Gasteiger partial charge on any atom is -0.374 e. The van der Waals surface area contributed by atoms with E-state index in [-0.39, 0.29) is 12.0 Å². The molecule has 1 aromatic rings. The minimum atomic E-state index is 0.170. The van der Waals surface area contributed by atoms with Crippen molar-refractivity contribution < 1.29 is 9.53 Å². The van der Waals surface area contributed by atoms with Crippen LogP contribution in [0.15, 0.2) is 17.5 Å². The van der Waals surface area contributed by atoms with Gasteiger partial charge < -0.3 is 15.0 Å². The number of nitrogens with zero attached hydrogens (tertiary/aromatic N) is 2. The van der Waals surface area contributed by atoms with Gasteiger partial charge in [-0.3, -0.25) is 9.69 Å².